The largest absolute Gasteiger partial charge is 0.326 e. The summed E-state index contributed by atoms with van der Waals surface area (Å²) in [4.78, 5) is 4.06. The average molecular weight is 224 g/mol. The van der Waals surface area contributed by atoms with Gasteiger partial charge in [-0.15, -0.1) is 11.3 Å². The number of rotatable bonds is 4. The van der Waals surface area contributed by atoms with Gasteiger partial charge in [0.15, 0.2) is 0 Å². The minimum Gasteiger partial charge on any atom is -0.326 e. The van der Waals surface area contributed by atoms with E-state index in [4.69, 9.17) is 5.73 Å². The van der Waals surface area contributed by atoms with Crippen LogP contribution in [-0.2, 0) is 0 Å². The first-order valence-corrected chi connectivity index (χ1v) is 6.72. The summed E-state index contributed by atoms with van der Waals surface area (Å²) in [7, 11) is 0. The maximum atomic E-state index is 5.97. The lowest BCUT2D eigenvalue weighted by atomic mass is 10.1. The van der Waals surface area contributed by atoms with E-state index < -0.39 is 0 Å². The number of thiophene rings is 1. The van der Waals surface area contributed by atoms with E-state index in [0.717, 1.165) is 13.0 Å². The van der Waals surface area contributed by atoms with Crippen LogP contribution in [0.4, 0.5) is 0 Å². The maximum absolute atomic E-state index is 5.97. The molecule has 0 aliphatic carbocycles. The number of hydrogen-bond acceptors (Lipinski definition) is 3. The minimum atomic E-state index is 0.393. The first kappa shape index (κ1) is 11.1. The second kappa shape index (κ2) is 5.10. The van der Waals surface area contributed by atoms with Crippen molar-refractivity contribution in [3.8, 4) is 0 Å². The smallest absolute Gasteiger partial charge is 0.0442 e. The van der Waals surface area contributed by atoms with Gasteiger partial charge in [0.05, 0.1) is 0 Å². The summed E-state index contributed by atoms with van der Waals surface area (Å²) in [5, 5.41) is 2.17. The molecule has 2 heterocycles. The van der Waals surface area contributed by atoms with Gasteiger partial charge in [-0.1, -0.05) is 19.4 Å². The number of nitrogens with two attached hydrogens (primary N) is 1. The molecule has 2 unspecified atom stereocenters. The van der Waals surface area contributed by atoms with Gasteiger partial charge in [-0.2, -0.15) is 0 Å². The standard InChI is InChI=1S/C12H20N2S/c1-2-4-11(12-5-3-8-15-12)14-7-6-10(13)9-14/h3,5,8,10-11H,2,4,6-7,9,13H2,1H3. The molecule has 1 fully saturated rings. The Balaban J connectivity index is 2.06. The van der Waals surface area contributed by atoms with Crippen LogP contribution in [-0.4, -0.2) is 24.0 Å². The quantitative estimate of drug-likeness (QED) is 0.852. The van der Waals surface area contributed by atoms with Crippen molar-refractivity contribution in [2.24, 2.45) is 5.73 Å². The summed E-state index contributed by atoms with van der Waals surface area (Å²) in [6.45, 7) is 4.50. The van der Waals surface area contributed by atoms with Gasteiger partial charge in [0.2, 0.25) is 0 Å². The van der Waals surface area contributed by atoms with Gasteiger partial charge in [-0.25, -0.2) is 0 Å². The van der Waals surface area contributed by atoms with Crippen LogP contribution in [0.25, 0.3) is 0 Å². The van der Waals surface area contributed by atoms with Gasteiger partial charge in [0.1, 0.15) is 0 Å². The molecule has 2 N–H and O–H groups in total. The molecule has 0 aromatic carbocycles. The minimum absolute atomic E-state index is 0.393. The van der Waals surface area contributed by atoms with E-state index in [9.17, 15) is 0 Å². The molecule has 0 saturated carbocycles. The maximum Gasteiger partial charge on any atom is 0.0442 e. The number of nitrogens with zero attached hydrogens (tertiary/aromatic N) is 1. The summed E-state index contributed by atoms with van der Waals surface area (Å²) >= 11 is 1.88. The molecule has 2 atom stereocenters. The molecule has 2 nitrogen and oxygen atoms in total. The van der Waals surface area contributed by atoms with Crippen molar-refractivity contribution in [1.82, 2.24) is 4.90 Å². The fraction of sp³-hybridized carbons (Fsp3) is 0.667. The summed E-state index contributed by atoms with van der Waals surface area (Å²) in [6, 6.07) is 5.42. The second-order valence-corrected chi connectivity index (χ2v) is 5.34. The third kappa shape index (κ3) is 2.60. The van der Waals surface area contributed by atoms with E-state index in [1.165, 1.54) is 24.3 Å². The zero-order valence-corrected chi connectivity index (χ0v) is 10.2. The lowest BCUT2D eigenvalue weighted by molar-refractivity contribution is 0.233. The highest BCUT2D eigenvalue weighted by atomic mass is 32.1. The van der Waals surface area contributed by atoms with Crippen LogP contribution in [0.1, 0.15) is 37.1 Å². The van der Waals surface area contributed by atoms with E-state index in [2.05, 4.69) is 29.3 Å². The van der Waals surface area contributed by atoms with Crippen molar-refractivity contribution >= 4 is 11.3 Å². The van der Waals surface area contributed by atoms with Gasteiger partial charge in [0.25, 0.3) is 0 Å². The van der Waals surface area contributed by atoms with Gasteiger partial charge >= 0.3 is 0 Å². The first-order chi connectivity index (χ1) is 7.31. The van der Waals surface area contributed by atoms with Crippen molar-refractivity contribution in [3.63, 3.8) is 0 Å². The summed E-state index contributed by atoms with van der Waals surface area (Å²) in [5.74, 6) is 0. The van der Waals surface area contributed by atoms with Crippen molar-refractivity contribution in [2.75, 3.05) is 13.1 Å². The van der Waals surface area contributed by atoms with Crippen molar-refractivity contribution < 1.29 is 0 Å². The van der Waals surface area contributed by atoms with Crippen LogP contribution in [0.15, 0.2) is 17.5 Å². The monoisotopic (exact) mass is 224 g/mol. The first-order valence-electron chi connectivity index (χ1n) is 5.84. The highest BCUT2D eigenvalue weighted by Gasteiger charge is 2.27. The zero-order chi connectivity index (χ0) is 10.7. The molecule has 1 aliphatic rings. The van der Waals surface area contributed by atoms with Crippen LogP contribution in [0.2, 0.25) is 0 Å². The molecule has 2 rings (SSSR count). The van der Waals surface area contributed by atoms with Gasteiger partial charge in [-0.3, -0.25) is 4.90 Å². The van der Waals surface area contributed by atoms with E-state index >= 15 is 0 Å². The molecule has 0 spiro atoms. The van der Waals surface area contributed by atoms with E-state index in [0.29, 0.717) is 12.1 Å². The summed E-state index contributed by atoms with van der Waals surface area (Å²) in [5.41, 5.74) is 5.97. The molecule has 0 radical (unpaired) electrons. The number of hydrogen-bond donors (Lipinski definition) is 1. The highest BCUT2D eigenvalue weighted by Crippen LogP contribution is 2.31. The van der Waals surface area contributed by atoms with Crippen molar-refractivity contribution in [3.05, 3.63) is 22.4 Å². The Labute approximate surface area is 96.1 Å². The zero-order valence-electron chi connectivity index (χ0n) is 9.36. The predicted molar refractivity (Wildman–Crippen MR) is 66.1 cm³/mol. The third-order valence-corrected chi connectivity index (χ3v) is 4.10. The van der Waals surface area contributed by atoms with Crippen LogP contribution < -0.4 is 5.73 Å². The number of likely N-dealkylation sites (tertiary alicyclic amines) is 1. The highest BCUT2D eigenvalue weighted by molar-refractivity contribution is 7.10. The molecule has 15 heavy (non-hydrogen) atoms. The third-order valence-electron chi connectivity index (χ3n) is 3.13. The van der Waals surface area contributed by atoms with E-state index in [1.807, 2.05) is 11.3 Å². The van der Waals surface area contributed by atoms with Crippen molar-refractivity contribution in [2.45, 2.75) is 38.3 Å². The Kier molecular flexibility index (Phi) is 3.78. The molecule has 0 bridgehead atoms. The molecular weight excluding hydrogens is 204 g/mol. The Morgan fingerprint density at radius 1 is 1.67 bits per heavy atom. The Morgan fingerprint density at radius 2 is 2.53 bits per heavy atom. The summed E-state index contributed by atoms with van der Waals surface area (Å²) in [6.07, 6.45) is 3.66. The van der Waals surface area contributed by atoms with Crippen LogP contribution in [0, 0.1) is 0 Å². The van der Waals surface area contributed by atoms with Gasteiger partial charge < -0.3 is 5.73 Å². The van der Waals surface area contributed by atoms with E-state index in [1.54, 1.807) is 0 Å². The second-order valence-electron chi connectivity index (χ2n) is 4.36. The lowest BCUT2D eigenvalue weighted by Crippen LogP contribution is -2.29. The molecule has 3 heteroatoms. The fourth-order valence-electron chi connectivity index (χ4n) is 2.36. The topological polar surface area (TPSA) is 29.3 Å². The van der Waals surface area contributed by atoms with Crippen molar-refractivity contribution in [1.29, 1.82) is 0 Å². The normalized spacial score (nSPS) is 24.5. The predicted octanol–water partition coefficient (Wildman–Crippen LogP) is 2.62. The van der Waals surface area contributed by atoms with Gasteiger partial charge in [0, 0.05) is 30.1 Å². The van der Waals surface area contributed by atoms with E-state index in [-0.39, 0.29) is 0 Å². The molecule has 84 valence electrons. The molecule has 1 aromatic rings. The fourth-order valence-corrected chi connectivity index (χ4v) is 3.25. The molecule has 0 amide bonds. The summed E-state index contributed by atoms with van der Waals surface area (Å²) < 4.78 is 0. The van der Waals surface area contributed by atoms with Crippen LogP contribution in [0.3, 0.4) is 0 Å². The SMILES string of the molecule is CCCC(c1cccs1)N1CCC(N)C1. The molecular formula is C12H20N2S. The molecule has 1 aliphatic heterocycles. The lowest BCUT2D eigenvalue weighted by Gasteiger charge is -2.26. The average Bonchev–Trinajstić information content (AvgIpc) is 2.85. The van der Waals surface area contributed by atoms with Gasteiger partial charge in [-0.05, 0) is 24.3 Å². The Morgan fingerprint density at radius 3 is 3.07 bits per heavy atom. The molecule has 1 aromatic heterocycles. The van der Waals surface area contributed by atoms with Crippen LogP contribution in [0.5, 0.6) is 0 Å². The van der Waals surface area contributed by atoms with Crippen LogP contribution >= 0.6 is 11.3 Å². The molecule has 1 saturated heterocycles. The Hall–Kier alpha value is -0.380. The Bertz CT molecular complexity index is 284.